The van der Waals surface area contributed by atoms with Crippen LogP contribution < -0.4 is 15.5 Å². The van der Waals surface area contributed by atoms with Gasteiger partial charge in [0.15, 0.2) is 0 Å². The van der Waals surface area contributed by atoms with E-state index >= 15 is 0 Å². The van der Waals surface area contributed by atoms with Gasteiger partial charge in [-0.2, -0.15) is 0 Å². The smallest absolute Gasteiger partial charge is 0.315 e. The second-order valence-electron chi connectivity index (χ2n) is 7.39. The van der Waals surface area contributed by atoms with Crippen LogP contribution in [0, 0.1) is 0 Å². The molecule has 0 radical (unpaired) electrons. The molecule has 0 aliphatic carbocycles. The number of hydrogen-bond donors (Lipinski definition) is 2. The number of urea groups is 1. The van der Waals surface area contributed by atoms with E-state index in [0.717, 1.165) is 52.4 Å². The molecule has 7 nitrogen and oxygen atoms in total. The van der Waals surface area contributed by atoms with E-state index in [4.69, 9.17) is 9.47 Å². The maximum Gasteiger partial charge on any atom is 0.315 e. The standard InChI is InChI=1S/C20H32N4O3/c1-23(2)18-5-3-16(4-6-18)19(24-9-13-27-14-10-24)15-21-20(25)22-17-7-11-26-12-8-17/h3-6,17,19H,7-15H2,1-2H3,(H2,21,22,25). The van der Waals surface area contributed by atoms with Gasteiger partial charge >= 0.3 is 6.03 Å². The number of carbonyl (C=O) groups excluding carboxylic acids is 1. The van der Waals surface area contributed by atoms with Crippen molar-refractivity contribution in [2.45, 2.75) is 24.9 Å². The van der Waals surface area contributed by atoms with Gasteiger partial charge in [0.2, 0.25) is 0 Å². The highest BCUT2D eigenvalue weighted by Crippen LogP contribution is 2.23. The highest BCUT2D eigenvalue weighted by Gasteiger charge is 2.24. The number of anilines is 1. The van der Waals surface area contributed by atoms with Gasteiger partial charge in [-0.15, -0.1) is 0 Å². The Morgan fingerprint density at radius 2 is 1.74 bits per heavy atom. The lowest BCUT2D eigenvalue weighted by Crippen LogP contribution is -2.48. The first-order valence-electron chi connectivity index (χ1n) is 9.84. The third-order valence-corrected chi connectivity index (χ3v) is 5.29. The summed E-state index contributed by atoms with van der Waals surface area (Å²) in [5.74, 6) is 0. The number of hydrogen-bond acceptors (Lipinski definition) is 5. The number of benzene rings is 1. The Morgan fingerprint density at radius 3 is 2.37 bits per heavy atom. The summed E-state index contributed by atoms with van der Waals surface area (Å²) >= 11 is 0. The molecule has 2 fully saturated rings. The molecule has 1 unspecified atom stereocenters. The Balaban J connectivity index is 1.61. The molecule has 2 amide bonds. The van der Waals surface area contributed by atoms with Crippen molar-refractivity contribution in [3.05, 3.63) is 29.8 Å². The molecule has 2 saturated heterocycles. The van der Waals surface area contributed by atoms with Gasteiger partial charge in [-0.05, 0) is 30.5 Å². The predicted octanol–water partition coefficient (Wildman–Crippen LogP) is 1.60. The van der Waals surface area contributed by atoms with E-state index < -0.39 is 0 Å². The predicted molar refractivity (Wildman–Crippen MR) is 106 cm³/mol. The van der Waals surface area contributed by atoms with Gasteiger partial charge in [-0.1, -0.05) is 12.1 Å². The topological polar surface area (TPSA) is 66.1 Å². The summed E-state index contributed by atoms with van der Waals surface area (Å²) in [5.41, 5.74) is 2.39. The van der Waals surface area contributed by atoms with Crippen molar-refractivity contribution < 1.29 is 14.3 Å². The van der Waals surface area contributed by atoms with Gasteiger partial charge in [0.1, 0.15) is 0 Å². The van der Waals surface area contributed by atoms with Crippen LogP contribution in [0.25, 0.3) is 0 Å². The van der Waals surface area contributed by atoms with E-state index in [1.165, 1.54) is 11.3 Å². The summed E-state index contributed by atoms with van der Waals surface area (Å²) < 4.78 is 10.9. The molecule has 150 valence electrons. The fourth-order valence-electron chi connectivity index (χ4n) is 3.61. The molecule has 0 spiro atoms. The van der Waals surface area contributed by atoms with Gasteiger partial charge in [-0.3, -0.25) is 4.90 Å². The maximum atomic E-state index is 12.4. The third-order valence-electron chi connectivity index (χ3n) is 5.29. The molecule has 0 saturated carbocycles. The van der Waals surface area contributed by atoms with Gasteiger partial charge in [0.05, 0.1) is 19.3 Å². The highest BCUT2D eigenvalue weighted by molar-refractivity contribution is 5.74. The molecule has 1 aromatic rings. The first kappa shape index (κ1) is 19.9. The van der Waals surface area contributed by atoms with E-state index in [2.05, 4.69) is 44.7 Å². The van der Waals surface area contributed by atoms with E-state index in [9.17, 15) is 4.79 Å². The largest absolute Gasteiger partial charge is 0.381 e. The fourth-order valence-corrected chi connectivity index (χ4v) is 3.61. The summed E-state index contributed by atoms with van der Waals surface area (Å²) in [6.07, 6.45) is 1.76. The molecule has 3 rings (SSSR count). The van der Waals surface area contributed by atoms with Crippen LogP contribution in [0.5, 0.6) is 0 Å². The Labute approximate surface area is 162 Å². The number of amides is 2. The molecular weight excluding hydrogens is 344 g/mol. The van der Waals surface area contributed by atoms with Crippen molar-refractivity contribution in [3.63, 3.8) is 0 Å². The minimum atomic E-state index is -0.0925. The van der Waals surface area contributed by atoms with Gasteiger partial charge in [0, 0.05) is 58.7 Å². The summed E-state index contributed by atoms with van der Waals surface area (Å²) in [6.45, 7) is 5.25. The zero-order valence-electron chi connectivity index (χ0n) is 16.4. The summed E-state index contributed by atoms with van der Waals surface area (Å²) in [7, 11) is 4.08. The molecule has 7 heteroatoms. The number of ether oxygens (including phenoxy) is 2. The first-order chi connectivity index (χ1) is 13.1. The van der Waals surface area contributed by atoms with Crippen LogP contribution in [0.2, 0.25) is 0 Å². The maximum absolute atomic E-state index is 12.4. The van der Waals surface area contributed by atoms with Crippen LogP contribution >= 0.6 is 0 Å². The molecule has 1 aromatic carbocycles. The van der Waals surface area contributed by atoms with Crippen LogP contribution in [0.15, 0.2) is 24.3 Å². The number of carbonyl (C=O) groups is 1. The zero-order chi connectivity index (χ0) is 19.1. The van der Waals surface area contributed by atoms with Crippen LogP contribution in [0.3, 0.4) is 0 Å². The molecule has 1 atom stereocenters. The van der Waals surface area contributed by atoms with Crippen LogP contribution in [0.1, 0.15) is 24.4 Å². The van der Waals surface area contributed by atoms with Crippen LogP contribution in [-0.2, 0) is 9.47 Å². The molecule has 0 bridgehead atoms. The van der Waals surface area contributed by atoms with Crippen molar-refractivity contribution >= 4 is 11.7 Å². The van der Waals surface area contributed by atoms with Gasteiger partial charge < -0.3 is 25.0 Å². The summed E-state index contributed by atoms with van der Waals surface area (Å²) in [4.78, 5) is 16.8. The van der Waals surface area contributed by atoms with E-state index in [1.54, 1.807) is 0 Å². The van der Waals surface area contributed by atoms with Gasteiger partial charge in [0.25, 0.3) is 0 Å². The molecule has 2 heterocycles. The Hall–Kier alpha value is -1.83. The van der Waals surface area contributed by atoms with E-state index in [-0.39, 0.29) is 18.1 Å². The number of morpholine rings is 1. The second-order valence-corrected chi connectivity index (χ2v) is 7.39. The quantitative estimate of drug-likeness (QED) is 0.790. The SMILES string of the molecule is CN(C)c1ccc(C(CNC(=O)NC2CCOCC2)N2CCOCC2)cc1. The van der Waals surface area contributed by atoms with Crippen molar-refractivity contribution in [2.75, 3.05) is 65.1 Å². The van der Waals surface area contributed by atoms with Crippen LogP contribution in [-0.4, -0.2) is 77.1 Å². The molecule has 27 heavy (non-hydrogen) atoms. The average Bonchev–Trinajstić information content (AvgIpc) is 2.70. The molecule has 0 aromatic heterocycles. The monoisotopic (exact) mass is 376 g/mol. The minimum absolute atomic E-state index is 0.0925. The second kappa shape index (κ2) is 9.92. The Morgan fingerprint density at radius 1 is 1.11 bits per heavy atom. The molecule has 2 aliphatic heterocycles. The van der Waals surface area contributed by atoms with E-state index in [0.29, 0.717) is 6.54 Å². The number of nitrogens with zero attached hydrogens (tertiary/aromatic N) is 2. The van der Waals surface area contributed by atoms with Crippen molar-refractivity contribution in [3.8, 4) is 0 Å². The molecule has 2 N–H and O–H groups in total. The Kier molecular flexibility index (Phi) is 7.32. The van der Waals surface area contributed by atoms with Crippen molar-refractivity contribution in [1.82, 2.24) is 15.5 Å². The lowest BCUT2D eigenvalue weighted by molar-refractivity contribution is 0.0166. The number of rotatable bonds is 6. The third kappa shape index (κ3) is 5.82. The normalized spacial score (nSPS) is 20.1. The first-order valence-corrected chi connectivity index (χ1v) is 9.84. The highest BCUT2D eigenvalue weighted by atomic mass is 16.5. The fraction of sp³-hybridized carbons (Fsp3) is 0.650. The average molecular weight is 377 g/mol. The number of nitrogens with one attached hydrogen (secondary N) is 2. The van der Waals surface area contributed by atoms with Crippen LogP contribution in [0.4, 0.5) is 10.5 Å². The Bertz CT molecular complexity index is 581. The lowest BCUT2D eigenvalue weighted by Gasteiger charge is -2.35. The van der Waals surface area contributed by atoms with E-state index in [1.807, 2.05) is 14.1 Å². The summed E-state index contributed by atoms with van der Waals surface area (Å²) in [6, 6.07) is 8.84. The van der Waals surface area contributed by atoms with Crippen molar-refractivity contribution in [2.24, 2.45) is 0 Å². The summed E-state index contributed by atoms with van der Waals surface area (Å²) in [5, 5.41) is 6.15. The minimum Gasteiger partial charge on any atom is -0.381 e. The lowest BCUT2D eigenvalue weighted by atomic mass is 10.0. The van der Waals surface area contributed by atoms with Crippen molar-refractivity contribution in [1.29, 1.82) is 0 Å². The van der Waals surface area contributed by atoms with Gasteiger partial charge in [-0.25, -0.2) is 4.79 Å². The molecule has 2 aliphatic rings. The molecular formula is C20H32N4O3. The zero-order valence-corrected chi connectivity index (χ0v) is 16.4.